The third-order valence-corrected chi connectivity index (χ3v) is 5.71. The highest BCUT2D eigenvalue weighted by atomic mass is 32.1. The molecule has 2 aromatic heterocycles. The van der Waals surface area contributed by atoms with Gasteiger partial charge in [0.05, 0.1) is 10.2 Å². The lowest BCUT2D eigenvalue weighted by Gasteiger charge is -2.24. The van der Waals surface area contributed by atoms with Crippen molar-refractivity contribution < 1.29 is 9.59 Å². The number of benzene rings is 1. The van der Waals surface area contributed by atoms with Crippen LogP contribution in [-0.4, -0.2) is 33.4 Å². The van der Waals surface area contributed by atoms with Crippen LogP contribution >= 0.6 is 11.3 Å². The molecule has 7 heteroatoms. The van der Waals surface area contributed by atoms with Gasteiger partial charge in [-0.15, -0.1) is 0 Å². The van der Waals surface area contributed by atoms with Crippen LogP contribution in [0.4, 0.5) is 0 Å². The van der Waals surface area contributed by atoms with Crippen molar-refractivity contribution in [1.82, 2.24) is 20.2 Å². The summed E-state index contributed by atoms with van der Waals surface area (Å²) in [7, 11) is 0. The number of aromatic nitrogens is 2. The molecule has 0 aliphatic heterocycles. The van der Waals surface area contributed by atoms with E-state index in [0.29, 0.717) is 5.56 Å². The van der Waals surface area contributed by atoms with Gasteiger partial charge in [-0.1, -0.05) is 31.6 Å². The van der Waals surface area contributed by atoms with Gasteiger partial charge in [-0.3, -0.25) is 9.59 Å². The van der Waals surface area contributed by atoms with E-state index in [-0.39, 0.29) is 23.8 Å². The summed E-state index contributed by atoms with van der Waals surface area (Å²) in [6, 6.07) is 8.79. The van der Waals surface area contributed by atoms with Gasteiger partial charge in [-0.05, 0) is 50.1 Å². The lowest BCUT2D eigenvalue weighted by molar-refractivity contribution is -0.124. The number of hydrogen-bond donors (Lipinski definition) is 2. The van der Waals surface area contributed by atoms with Crippen molar-refractivity contribution in [2.24, 2.45) is 5.92 Å². The van der Waals surface area contributed by atoms with Gasteiger partial charge in [0.1, 0.15) is 6.04 Å². The molecule has 0 radical (unpaired) electrons. The Bertz CT molecular complexity index is 962. The van der Waals surface area contributed by atoms with E-state index in [4.69, 9.17) is 0 Å². The highest BCUT2D eigenvalue weighted by Crippen LogP contribution is 2.26. The quantitative estimate of drug-likeness (QED) is 0.636. The second-order valence-electron chi connectivity index (χ2n) is 7.27. The fourth-order valence-corrected chi connectivity index (χ4v) is 3.90. The molecule has 2 heterocycles. The largest absolute Gasteiger partial charge is 0.352 e. The molecule has 0 fully saturated rings. The fourth-order valence-electron chi connectivity index (χ4n) is 2.93. The minimum absolute atomic E-state index is 0.0246. The average molecular weight is 399 g/mol. The molecular weight excluding hydrogens is 372 g/mol. The van der Waals surface area contributed by atoms with Crippen LogP contribution in [0.1, 0.15) is 44.5 Å². The maximum atomic E-state index is 12.8. The van der Waals surface area contributed by atoms with Gasteiger partial charge in [0.15, 0.2) is 5.13 Å². The van der Waals surface area contributed by atoms with Crippen LogP contribution < -0.4 is 10.6 Å². The molecule has 6 nitrogen and oxygen atoms in total. The van der Waals surface area contributed by atoms with Gasteiger partial charge in [0, 0.05) is 24.0 Å². The predicted molar refractivity (Wildman–Crippen MR) is 113 cm³/mol. The molecule has 3 rings (SSSR count). The molecule has 0 aliphatic rings. The molecule has 2 N–H and O–H groups in total. The first-order chi connectivity index (χ1) is 13.4. The molecular formula is C21H26N4O2S. The number of carbonyl (C=O) groups is 2. The molecule has 0 saturated carbocycles. The van der Waals surface area contributed by atoms with Gasteiger partial charge in [-0.25, -0.2) is 4.98 Å². The lowest BCUT2D eigenvalue weighted by atomic mass is 9.97. The molecule has 0 aliphatic carbocycles. The first-order valence-electron chi connectivity index (χ1n) is 9.54. The maximum absolute atomic E-state index is 12.8. The Labute approximate surface area is 169 Å². The Hall–Kier alpha value is -2.67. The molecule has 2 atom stereocenters. The molecule has 3 aromatic rings. The van der Waals surface area contributed by atoms with Gasteiger partial charge in [0.2, 0.25) is 5.91 Å². The zero-order valence-corrected chi connectivity index (χ0v) is 17.4. The first kappa shape index (κ1) is 20.1. The lowest BCUT2D eigenvalue weighted by Crippen LogP contribution is -2.51. The molecule has 2 amide bonds. The zero-order chi connectivity index (χ0) is 20.3. The van der Waals surface area contributed by atoms with E-state index in [9.17, 15) is 9.59 Å². The molecule has 28 heavy (non-hydrogen) atoms. The van der Waals surface area contributed by atoms with Crippen molar-refractivity contribution in [3.8, 4) is 5.13 Å². The maximum Gasteiger partial charge on any atom is 0.251 e. The van der Waals surface area contributed by atoms with E-state index in [0.717, 1.165) is 21.8 Å². The smallest absolute Gasteiger partial charge is 0.251 e. The summed E-state index contributed by atoms with van der Waals surface area (Å²) in [5.41, 5.74) is 1.38. The first-order valence-corrected chi connectivity index (χ1v) is 10.4. The fraction of sp³-hybridized carbons (Fsp3) is 0.381. The monoisotopic (exact) mass is 398 g/mol. The van der Waals surface area contributed by atoms with Crippen LogP contribution in [0.5, 0.6) is 0 Å². The van der Waals surface area contributed by atoms with Crippen LogP contribution in [0.3, 0.4) is 0 Å². The number of rotatable bonds is 7. The summed E-state index contributed by atoms with van der Waals surface area (Å²) in [6.45, 7) is 7.81. The normalized spacial score (nSPS) is 13.5. The molecule has 148 valence electrons. The average Bonchev–Trinajstić information content (AvgIpc) is 3.32. The number of amides is 2. The Morgan fingerprint density at radius 2 is 1.86 bits per heavy atom. The van der Waals surface area contributed by atoms with Gasteiger partial charge in [-0.2, -0.15) is 0 Å². The summed E-state index contributed by atoms with van der Waals surface area (Å²) >= 11 is 1.52. The van der Waals surface area contributed by atoms with Crippen LogP contribution in [0.2, 0.25) is 0 Å². The molecule has 0 bridgehead atoms. The van der Waals surface area contributed by atoms with Crippen molar-refractivity contribution in [2.45, 2.75) is 46.2 Å². The van der Waals surface area contributed by atoms with E-state index in [1.54, 1.807) is 6.07 Å². The summed E-state index contributed by atoms with van der Waals surface area (Å²) in [6.07, 6.45) is 4.68. The second kappa shape index (κ2) is 8.56. The van der Waals surface area contributed by atoms with Crippen LogP contribution in [0.25, 0.3) is 15.3 Å². The highest BCUT2D eigenvalue weighted by molar-refractivity contribution is 7.20. The topological polar surface area (TPSA) is 76.0 Å². The third kappa shape index (κ3) is 4.42. The predicted octanol–water partition coefficient (Wildman–Crippen LogP) is 3.76. The standard InChI is InChI=1S/C21H26N4O2S/c1-5-14(4)18(20(27)22-13(2)3)24-19(26)15-8-9-16-17(12-15)28-21(23-16)25-10-6-7-11-25/h6-14,18H,5H2,1-4H3,(H,22,27)(H,24,26)/t14-,18-/m0/s1. The van der Waals surface area contributed by atoms with Crippen molar-refractivity contribution in [3.05, 3.63) is 48.3 Å². The van der Waals surface area contributed by atoms with E-state index in [2.05, 4.69) is 15.6 Å². The summed E-state index contributed by atoms with van der Waals surface area (Å²) in [5, 5.41) is 6.67. The summed E-state index contributed by atoms with van der Waals surface area (Å²) in [4.78, 5) is 30.0. The Kier molecular flexibility index (Phi) is 6.14. The highest BCUT2D eigenvalue weighted by Gasteiger charge is 2.26. The minimum Gasteiger partial charge on any atom is -0.352 e. The molecule has 1 aromatic carbocycles. The number of nitrogens with one attached hydrogen (secondary N) is 2. The van der Waals surface area contributed by atoms with Gasteiger partial charge in [0.25, 0.3) is 5.91 Å². The Morgan fingerprint density at radius 1 is 1.14 bits per heavy atom. The van der Waals surface area contributed by atoms with Crippen molar-refractivity contribution in [3.63, 3.8) is 0 Å². The SMILES string of the molecule is CC[C@H](C)[C@H](NC(=O)c1ccc2nc(-n3cccc3)sc2c1)C(=O)NC(C)C. The third-order valence-electron chi connectivity index (χ3n) is 4.68. The van der Waals surface area contributed by atoms with E-state index < -0.39 is 6.04 Å². The summed E-state index contributed by atoms with van der Waals surface area (Å²) < 4.78 is 2.88. The van der Waals surface area contributed by atoms with E-state index in [1.807, 2.05) is 68.9 Å². The Morgan fingerprint density at radius 3 is 2.50 bits per heavy atom. The van der Waals surface area contributed by atoms with Gasteiger partial charge >= 0.3 is 0 Å². The second-order valence-corrected chi connectivity index (χ2v) is 8.28. The van der Waals surface area contributed by atoms with E-state index >= 15 is 0 Å². The van der Waals surface area contributed by atoms with Gasteiger partial charge < -0.3 is 15.2 Å². The Balaban J connectivity index is 1.82. The van der Waals surface area contributed by atoms with Crippen molar-refractivity contribution in [2.75, 3.05) is 0 Å². The van der Waals surface area contributed by atoms with Crippen molar-refractivity contribution in [1.29, 1.82) is 0 Å². The molecule has 0 spiro atoms. The number of nitrogens with zero attached hydrogens (tertiary/aromatic N) is 2. The molecule has 0 saturated heterocycles. The number of fused-ring (bicyclic) bond motifs is 1. The zero-order valence-electron chi connectivity index (χ0n) is 16.6. The summed E-state index contributed by atoms with van der Waals surface area (Å²) in [5.74, 6) is -0.358. The van der Waals surface area contributed by atoms with Crippen molar-refractivity contribution >= 4 is 33.4 Å². The van der Waals surface area contributed by atoms with Crippen LogP contribution in [0.15, 0.2) is 42.7 Å². The van der Waals surface area contributed by atoms with Crippen LogP contribution in [0, 0.1) is 5.92 Å². The minimum atomic E-state index is -0.563. The molecule has 0 unspecified atom stereocenters. The number of hydrogen-bond acceptors (Lipinski definition) is 4. The number of thiazole rings is 1. The van der Waals surface area contributed by atoms with Crippen LogP contribution in [-0.2, 0) is 4.79 Å². The number of carbonyl (C=O) groups excluding carboxylic acids is 2. The van der Waals surface area contributed by atoms with E-state index in [1.165, 1.54) is 11.3 Å².